The van der Waals surface area contributed by atoms with Crippen molar-refractivity contribution in [2.24, 2.45) is 0 Å². The molecule has 0 rings (SSSR count). The maximum absolute atomic E-state index is 5.22. The van der Waals surface area contributed by atoms with E-state index in [4.69, 9.17) is 4.74 Å². The first-order chi connectivity index (χ1) is 5.35. The lowest BCUT2D eigenvalue weighted by molar-refractivity contribution is 0.272. The molecule has 0 aliphatic rings. The van der Waals surface area contributed by atoms with Crippen LogP contribution in [0, 0.1) is 0 Å². The molecular formula is C10H20O. The Balaban J connectivity index is 3.55. The molecule has 0 atom stereocenters. The van der Waals surface area contributed by atoms with Crippen LogP contribution in [0.15, 0.2) is 11.8 Å². The first kappa shape index (κ1) is 10.5. The summed E-state index contributed by atoms with van der Waals surface area (Å²) in [5.41, 5.74) is 0. The molecule has 0 amide bonds. The monoisotopic (exact) mass is 156 g/mol. The molecule has 0 aromatic heterocycles. The summed E-state index contributed by atoms with van der Waals surface area (Å²) in [5, 5.41) is 0. The van der Waals surface area contributed by atoms with Crippen molar-refractivity contribution in [2.45, 2.75) is 46.0 Å². The third-order valence-electron chi connectivity index (χ3n) is 1.70. The molecule has 0 saturated carbocycles. The number of hydrogen-bond acceptors (Lipinski definition) is 1. The van der Waals surface area contributed by atoms with Gasteiger partial charge in [0.2, 0.25) is 0 Å². The first-order valence-corrected chi connectivity index (χ1v) is 4.58. The van der Waals surface area contributed by atoms with Crippen LogP contribution in [0.1, 0.15) is 46.0 Å². The van der Waals surface area contributed by atoms with Crippen molar-refractivity contribution >= 4 is 0 Å². The van der Waals surface area contributed by atoms with E-state index in [-0.39, 0.29) is 0 Å². The molecule has 11 heavy (non-hydrogen) atoms. The van der Waals surface area contributed by atoms with E-state index in [9.17, 15) is 0 Å². The van der Waals surface area contributed by atoms with Gasteiger partial charge in [-0.2, -0.15) is 0 Å². The predicted octanol–water partition coefficient (Wildman–Crippen LogP) is 3.51. The molecule has 0 aliphatic carbocycles. The fourth-order valence-corrected chi connectivity index (χ4v) is 0.944. The van der Waals surface area contributed by atoms with E-state index in [0.29, 0.717) is 0 Å². The van der Waals surface area contributed by atoms with Gasteiger partial charge in [0, 0.05) is 6.42 Å². The minimum absolute atomic E-state index is 1.10. The Morgan fingerprint density at radius 2 is 2.00 bits per heavy atom. The van der Waals surface area contributed by atoms with Gasteiger partial charge in [-0.05, 0) is 18.9 Å². The first-order valence-electron chi connectivity index (χ1n) is 4.58. The number of unbranched alkanes of at least 4 members (excludes halogenated alkanes) is 2. The van der Waals surface area contributed by atoms with Crippen molar-refractivity contribution in [3.8, 4) is 0 Å². The summed E-state index contributed by atoms with van der Waals surface area (Å²) in [7, 11) is 1.76. The zero-order valence-corrected chi connectivity index (χ0v) is 8.02. The molecule has 0 N–H and O–H groups in total. The van der Waals surface area contributed by atoms with Crippen molar-refractivity contribution in [1.82, 2.24) is 0 Å². The van der Waals surface area contributed by atoms with Crippen LogP contribution < -0.4 is 0 Å². The zero-order chi connectivity index (χ0) is 8.53. The van der Waals surface area contributed by atoms with Crippen molar-refractivity contribution in [3.63, 3.8) is 0 Å². The summed E-state index contributed by atoms with van der Waals surface area (Å²) in [6, 6.07) is 0. The van der Waals surface area contributed by atoms with E-state index in [0.717, 1.165) is 18.6 Å². The maximum Gasteiger partial charge on any atom is 0.0915 e. The van der Waals surface area contributed by atoms with Crippen LogP contribution in [0.2, 0.25) is 0 Å². The second-order valence-corrected chi connectivity index (χ2v) is 2.77. The van der Waals surface area contributed by atoms with Gasteiger partial charge in [-0.1, -0.05) is 26.7 Å². The lowest BCUT2D eigenvalue weighted by atomic mass is 10.2. The Morgan fingerprint density at radius 1 is 1.27 bits per heavy atom. The molecule has 66 valence electrons. The largest absolute Gasteiger partial charge is 0.501 e. The van der Waals surface area contributed by atoms with E-state index in [1.165, 1.54) is 19.3 Å². The van der Waals surface area contributed by atoms with Crippen molar-refractivity contribution < 1.29 is 4.74 Å². The van der Waals surface area contributed by atoms with E-state index in [1.54, 1.807) is 7.11 Å². The fraction of sp³-hybridized carbons (Fsp3) is 0.800. The highest BCUT2D eigenvalue weighted by molar-refractivity contribution is 4.92. The van der Waals surface area contributed by atoms with Crippen LogP contribution in [-0.2, 0) is 4.74 Å². The van der Waals surface area contributed by atoms with Gasteiger partial charge < -0.3 is 4.74 Å². The molecule has 0 bridgehead atoms. The van der Waals surface area contributed by atoms with Gasteiger partial charge in [0.1, 0.15) is 0 Å². The lowest BCUT2D eigenvalue weighted by Crippen LogP contribution is -1.86. The van der Waals surface area contributed by atoms with Gasteiger partial charge in [-0.3, -0.25) is 0 Å². The zero-order valence-electron chi connectivity index (χ0n) is 8.02. The molecule has 0 aliphatic heterocycles. The topological polar surface area (TPSA) is 9.23 Å². The quantitative estimate of drug-likeness (QED) is 0.535. The van der Waals surface area contributed by atoms with Gasteiger partial charge in [0.05, 0.1) is 12.9 Å². The van der Waals surface area contributed by atoms with E-state index >= 15 is 0 Å². The molecule has 0 saturated heterocycles. The molecule has 1 nitrogen and oxygen atoms in total. The van der Waals surface area contributed by atoms with Gasteiger partial charge in [0.25, 0.3) is 0 Å². The van der Waals surface area contributed by atoms with Crippen molar-refractivity contribution in [3.05, 3.63) is 11.8 Å². The Hall–Kier alpha value is -0.460. The van der Waals surface area contributed by atoms with E-state index < -0.39 is 0 Å². The molecule has 0 radical (unpaired) electrons. The molecule has 0 aromatic carbocycles. The number of allylic oxidation sites excluding steroid dienone is 2. The average molecular weight is 156 g/mol. The van der Waals surface area contributed by atoms with E-state index in [1.807, 2.05) is 0 Å². The number of ether oxygens (including phenoxy) is 1. The Morgan fingerprint density at radius 3 is 2.45 bits per heavy atom. The minimum atomic E-state index is 1.10. The molecule has 0 spiro atoms. The van der Waals surface area contributed by atoms with Crippen LogP contribution in [0.3, 0.4) is 0 Å². The smallest absolute Gasteiger partial charge is 0.0915 e. The van der Waals surface area contributed by atoms with Crippen molar-refractivity contribution in [1.29, 1.82) is 0 Å². The summed E-state index contributed by atoms with van der Waals surface area (Å²) in [6.07, 6.45) is 8.14. The molecule has 0 unspecified atom stereocenters. The van der Waals surface area contributed by atoms with Crippen LogP contribution in [0.25, 0.3) is 0 Å². The Labute approximate surface area is 70.4 Å². The average Bonchev–Trinajstić information content (AvgIpc) is 2.05. The number of hydrogen-bond donors (Lipinski definition) is 0. The second kappa shape index (κ2) is 7.64. The molecule has 0 heterocycles. The van der Waals surface area contributed by atoms with Gasteiger partial charge >= 0.3 is 0 Å². The van der Waals surface area contributed by atoms with Crippen LogP contribution in [-0.4, -0.2) is 7.11 Å². The molecule has 0 fully saturated rings. The third-order valence-corrected chi connectivity index (χ3v) is 1.70. The van der Waals surface area contributed by atoms with Gasteiger partial charge in [0.15, 0.2) is 0 Å². The summed E-state index contributed by atoms with van der Waals surface area (Å²) < 4.78 is 5.22. The molecule has 0 aromatic rings. The lowest BCUT2D eigenvalue weighted by Gasteiger charge is -2.04. The third kappa shape index (κ3) is 5.96. The van der Waals surface area contributed by atoms with Gasteiger partial charge in [-0.25, -0.2) is 0 Å². The minimum Gasteiger partial charge on any atom is -0.501 e. The van der Waals surface area contributed by atoms with Crippen LogP contribution in [0.5, 0.6) is 0 Å². The SMILES string of the molecule is CCCC=C(CCCC)OC. The van der Waals surface area contributed by atoms with Crippen molar-refractivity contribution in [2.75, 3.05) is 7.11 Å². The summed E-state index contributed by atoms with van der Waals surface area (Å²) >= 11 is 0. The number of rotatable bonds is 6. The predicted molar refractivity (Wildman–Crippen MR) is 49.5 cm³/mol. The Kier molecular flexibility index (Phi) is 7.33. The van der Waals surface area contributed by atoms with Crippen LogP contribution in [0.4, 0.5) is 0 Å². The normalized spacial score (nSPS) is 11.7. The summed E-state index contributed by atoms with van der Waals surface area (Å²) in [5.74, 6) is 1.16. The number of methoxy groups -OCH3 is 1. The highest BCUT2D eigenvalue weighted by Gasteiger charge is 1.93. The highest BCUT2D eigenvalue weighted by Crippen LogP contribution is 2.09. The van der Waals surface area contributed by atoms with Gasteiger partial charge in [-0.15, -0.1) is 0 Å². The Bertz CT molecular complexity index is 105. The fourth-order valence-electron chi connectivity index (χ4n) is 0.944. The highest BCUT2D eigenvalue weighted by atomic mass is 16.5. The second-order valence-electron chi connectivity index (χ2n) is 2.77. The standard InChI is InChI=1S/C10H20O/c1-4-6-8-10(11-3)9-7-5-2/h8H,4-7,9H2,1-3H3. The summed E-state index contributed by atoms with van der Waals surface area (Å²) in [4.78, 5) is 0. The molecule has 1 heteroatoms. The van der Waals surface area contributed by atoms with Crippen LogP contribution >= 0.6 is 0 Å². The summed E-state index contributed by atoms with van der Waals surface area (Å²) in [6.45, 7) is 4.39. The molecular weight excluding hydrogens is 136 g/mol. The maximum atomic E-state index is 5.22. The van der Waals surface area contributed by atoms with E-state index in [2.05, 4.69) is 19.9 Å².